The summed E-state index contributed by atoms with van der Waals surface area (Å²) in [5, 5.41) is 0. The van der Waals surface area contributed by atoms with Gasteiger partial charge in [-0.3, -0.25) is 19.3 Å². The van der Waals surface area contributed by atoms with E-state index in [4.69, 9.17) is 4.74 Å². The maximum atomic E-state index is 12.9. The number of Topliss-reactive ketones (excluding diaryl/α,β-unsaturated/α-hetero) is 1. The molecule has 0 saturated carbocycles. The van der Waals surface area contributed by atoms with Gasteiger partial charge in [-0.05, 0) is 68.3 Å². The number of nitrogens with zero attached hydrogens (tertiary/aromatic N) is 1. The molecule has 5 nitrogen and oxygen atoms in total. The fraction of sp³-hybridized carbons (Fsp3) is 0.261. The van der Waals surface area contributed by atoms with Crippen molar-refractivity contribution < 1.29 is 23.5 Å². The highest BCUT2D eigenvalue weighted by Crippen LogP contribution is 2.39. The molecule has 0 bridgehead atoms. The number of halogens is 1. The van der Waals surface area contributed by atoms with Crippen LogP contribution in [0.15, 0.2) is 60.2 Å². The summed E-state index contributed by atoms with van der Waals surface area (Å²) in [5.74, 6) is -1.12. The molecule has 1 heterocycles. The van der Waals surface area contributed by atoms with Crippen LogP contribution >= 0.6 is 0 Å². The van der Waals surface area contributed by atoms with Crippen molar-refractivity contribution in [2.24, 2.45) is 11.8 Å². The predicted molar refractivity (Wildman–Crippen MR) is 105 cm³/mol. The molecule has 0 N–H and O–H groups in total. The molecule has 0 aromatic heterocycles. The maximum absolute atomic E-state index is 12.9. The molecule has 1 aliphatic carbocycles. The number of hydrogen-bond acceptors (Lipinski definition) is 4. The second kappa shape index (κ2) is 7.62. The summed E-state index contributed by atoms with van der Waals surface area (Å²) in [6.45, 7) is 1.79. The zero-order chi connectivity index (χ0) is 20.5. The van der Waals surface area contributed by atoms with E-state index in [0.29, 0.717) is 29.8 Å². The smallest absolute Gasteiger partial charge is 0.238 e. The van der Waals surface area contributed by atoms with E-state index in [2.05, 4.69) is 0 Å². The number of hydrogen-bond donors (Lipinski definition) is 0. The average molecular weight is 393 g/mol. The lowest BCUT2D eigenvalue weighted by molar-refractivity contribution is -0.122. The summed E-state index contributed by atoms with van der Waals surface area (Å²) in [7, 11) is 0. The van der Waals surface area contributed by atoms with Gasteiger partial charge < -0.3 is 4.74 Å². The normalized spacial score (nSPS) is 21.0. The van der Waals surface area contributed by atoms with Crippen molar-refractivity contribution in [1.29, 1.82) is 0 Å². The Kier molecular flexibility index (Phi) is 5.01. The van der Waals surface area contributed by atoms with Gasteiger partial charge in [0.25, 0.3) is 0 Å². The molecule has 2 aromatic carbocycles. The largest absolute Gasteiger partial charge is 0.485 e. The van der Waals surface area contributed by atoms with Crippen molar-refractivity contribution in [2.75, 3.05) is 11.5 Å². The van der Waals surface area contributed by atoms with Gasteiger partial charge >= 0.3 is 0 Å². The van der Waals surface area contributed by atoms with Crippen molar-refractivity contribution in [3.8, 4) is 5.75 Å². The first-order valence-corrected chi connectivity index (χ1v) is 9.49. The molecule has 1 fully saturated rings. The van der Waals surface area contributed by atoms with Crippen molar-refractivity contribution in [3.05, 3.63) is 71.6 Å². The molecular formula is C23H20FNO4. The summed E-state index contributed by atoms with van der Waals surface area (Å²) >= 11 is 0. The van der Waals surface area contributed by atoms with Gasteiger partial charge in [0.15, 0.2) is 12.4 Å². The number of allylic oxidation sites excluding steroid dienone is 2. The lowest BCUT2D eigenvalue weighted by atomic mass is 9.82. The van der Waals surface area contributed by atoms with E-state index in [0.717, 1.165) is 5.57 Å². The number of anilines is 1. The standard InChI is InChI=1S/C23H20FNO4/c1-14-2-11-19-20(12-14)23(28)25(22(19)27)17-7-9-18(10-8-17)29-13-21(26)15-3-5-16(24)6-4-15/h2-10,19-20H,11-13H2,1H3/t19-,20+/m0/s1. The van der Waals surface area contributed by atoms with Crippen LogP contribution in [0.3, 0.4) is 0 Å². The molecule has 1 saturated heterocycles. The van der Waals surface area contributed by atoms with E-state index in [1.165, 1.54) is 29.2 Å². The number of amides is 2. The fourth-order valence-electron chi connectivity index (χ4n) is 3.85. The summed E-state index contributed by atoms with van der Waals surface area (Å²) in [6.07, 6.45) is 3.26. The topological polar surface area (TPSA) is 63.7 Å². The third-order valence-electron chi connectivity index (χ3n) is 5.45. The fourth-order valence-corrected chi connectivity index (χ4v) is 3.85. The number of carbonyl (C=O) groups is 3. The van der Waals surface area contributed by atoms with Crippen LogP contribution in [0.25, 0.3) is 0 Å². The van der Waals surface area contributed by atoms with Crippen LogP contribution in [0.1, 0.15) is 30.1 Å². The molecule has 6 heteroatoms. The van der Waals surface area contributed by atoms with Crippen LogP contribution in [0.2, 0.25) is 0 Å². The van der Waals surface area contributed by atoms with E-state index in [1.807, 2.05) is 13.0 Å². The molecule has 4 rings (SSSR count). The molecule has 0 radical (unpaired) electrons. The first-order chi connectivity index (χ1) is 13.9. The van der Waals surface area contributed by atoms with Crippen LogP contribution in [-0.4, -0.2) is 24.2 Å². The van der Waals surface area contributed by atoms with Gasteiger partial charge in [-0.2, -0.15) is 0 Å². The highest BCUT2D eigenvalue weighted by atomic mass is 19.1. The van der Waals surface area contributed by atoms with Crippen LogP contribution in [0, 0.1) is 17.7 Å². The number of carbonyl (C=O) groups excluding carboxylic acids is 3. The summed E-state index contributed by atoms with van der Waals surface area (Å²) in [4.78, 5) is 38.8. The van der Waals surface area contributed by atoms with E-state index in [-0.39, 0.29) is 36.0 Å². The van der Waals surface area contributed by atoms with Gasteiger partial charge in [0, 0.05) is 5.56 Å². The molecule has 2 atom stereocenters. The van der Waals surface area contributed by atoms with Crippen molar-refractivity contribution in [1.82, 2.24) is 0 Å². The monoisotopic (exact) mass is 393 g/mol. The molecule has 29 heavy (non-hydrogen) atoms. The van der Waals surface area contributed by atoms with Gasteiger partial charge in [-0.15, -0.1) is 0 Å². The average Bonchev–Trinajstić information content (AvgIpc) is 2.97. The Labute approximate surface area is 167 Å². The molecular weight excluding hydrogens is 373 g/mol. The second-order valence-corrected chi connectivity index (χ2v) is 7.43. The summed E-state index contributed by atoms with van der Waals surface area (Å²) < 4.78 is 18.4. The van der Waals surface area contributed by atoms with Crippen LogP contribution in [0.4, 0.5) is 10.1 Å². The zero-order valence-electron chi connectivity index (χ0n) is 15.9. The number of rotatable bonds is 5. The Morgan fingerprint density at radius 2 is 1.69 bits per heavy atom. The lowest BCUT2D eigenvalue weighted by Gasteiger charge is -2.18. The number of fused-ring (bicyclic) bond motifs is 1. The van der Waals surface area contributed by atoms with Gasteiger partial charge in [0.1, 0.15) is 11.6 Å². The lowest BCUT2D eigenvalue weighted by Crippen LogP contribution is -2.30. The van der Waals surface area contributed by atoms with Gasteiger partial charge in [0.2, 0.25) is 11.8 Å². The van der Waals surface area contributed by atoms with Crippen LogP contribution in [-0.2, 0) is 9.59 Å². The summed E-state index contributed by atoms with van der Waals surface area (Å²) in [5.41, 5.74) is 2.01. The van der Waals surface area contributed by atoms with Gasteiger partial charge in [0.05, 0.1) is 17.5 Å². The molecule has 2 amide bonds. The Balaban J connectivity index is 1.42. The number of benzene rings is 2. The third-order valence-corrected chi connectivity index (χ3v) is 5.45. The Morgan fingerprint density at radius 1 is 1.03 bits per heavy atom. The van der Waals surface area contributed by atoms with E-state index < -0.39 is 5.82 Å². The molecule has 1 aliphatic heterocycles. The van der Waals surface area contributed by atoms with E-state index in [9.17, 15) is 18.8 Å². The maximum Gasteiger partial charge on any atom is 0.238 e. The molecule has 0 unspecified atom stereocenters. The number of ether oxygens (including phenoxy) is 1. The minimum Gasteiger partial charge on any atom is -0.485 e. The predicted octanol–water partition coefficient (Wildman–Crippen LogP) is 3.93. The second-order valence-electron chi connectivity index (χ2n) is 7.43. The number of imide groups is 1. The van der Waals surface area contributed by atoms with Crippen LogP contribution < -0.4 is 9.64 Å². The number of ketones is 1. The van der Waals surface area contributed by atoms with Crippen molar-refractivity contribution in [3.63, 3.8) is 0 Å². The summed E-state index contributed by atoms with van der Waals surface area (Å²) in [6, 6.07) is 11.8. The minimum absolute atomic E-state index is 0.160. The molecule has 148 valence electrons. The molecule has 0 spiro atoms. The highest BCUT2D eigenvalue weighted by molar-refractivity contribution is 6.22. The highest BCUT2D eigenvalue weighted by Gasteiger charge is 2.48. The SMILES string of the molecule is CC1=CC[C@@H]2C(=O)N(c3ccc(OCC(=O)c4ccc(F)cc4)cc3)C(=O)[C@@H]2C1. The first-order valence-electron chi connectivity index (χ1n) is 9.49. The molecule has 2 aliphatic rings. The van der Waals surface area contributed by atoms with E-state index >= 15 is 0 Å². The van der Waals surface area contributed by atoms with E-state index in [1.54, 1.807) is 24.3 Å². The molecule has 2 aromatic rings. The van der Waals surface area contributed by atoms with Crippen molar-refractivity contribution in [2.45, 2.75) is 19.8 Å². The Bertz CT molecular complexity index is 995. The first kappa shape index (κ1) is 19.1. The Morgan fingerprint density at radius 3 is 2.38 bits per heavy atom. The van der Waals surface area contributed by atoms with Crippen molar-refractivity contribution >= 4 is 23.3 Å². The quantitative estimate of drug-likeness (QED) is 0.439. The minimum atomic E-state index is -0.408. The van der Waals surface area contributed by atoms with Crippen LogP contribution in [0.5, 0.6) is 5.75 Å². The third kappa shape index (κ3) is 3.70. The zero-order valence-corrected chi connectivity index (χ0v) is 15.9. The Hall–Kier alpha value is -3.28. The van der Waals surface area contributed by atoms with Gasteiger partial charge in [-0.1, -0.05) is 11.6 Å². The van der Waals surface area contributed by atoms with Gasteiger partial charge in [-0.25, -0.2) is 4.39 Å².